The molecule has 1 atom stereocenters. The van der Waals surface area contributed by atoms with Gasteiger partial charge in [0, 0.05) is 12.1 Å². The molecule has 88 valence electrons. The Morgan fingerprint density at radius 1 is 1.38 bits per heavy atom. The van der Waals surface area contributed by atoms with E-state index in [1.165, 1.54) is 0 Å². The van der Waals surface area contributed by atoms with E-state index >= 15 is 0 Å². The summed E-state index contributed by atoms with van der Waals surface area (Å²) in [4.78, 5) is 10.6. The number of hydrogen-bond acceptors (Lipinski definition) is 2. The van der Waals surface area contributed by atoms with Crippen molar-refractivity contribution in [3.05, 3.63) is 35.4 Å². The first-order valence-electron chi connectivity index (χ1n) is 4.94. The van der Waals surface area contributed by atoms with E-state index in [4.69, 9.17) is 5.11 Å². The summed E-state index contributed by atoms with van der Waals surface area (Å²) in [5.41, 5.74) is 0.307. The predicted octanol–water partition coefficient (Wildman–Crippen LogP) is 2.09. The molecule has 0 aliphatic rings. The summed E-state index contributed by atoms with van der Waals surface area (Å²) >= 11 is 0. The van der Waals surface area contributed by atoms with Crippen LogP contribution in [0.4, 0.5) is 8.78 Å². The molecule has 0 bridgehead atoms. The second-order valence-electron chi connectivity index (χ2n) is 3.41. The van der Waals surface area contributed by atoms with E-state index in [9.17, 15) is 13.6 Å². The quantitative estimate of drug-likeness (QED) is 0.812. The molecule has 2 N–H and O–H groups in total. The number of rotatable bonds is 5. The van der Waals surface area contributed by atoms with E-state index in [2.05, 4.69) is 5.32 Å². The molecule has 0 aliphatic carbocycles. The summed E-state index contributed by atoms with van der Waals surface area (Å²) in [6, 6.07) is 2.46. The van der Waals surface area contributed by atoms with Crippen LogP contribution < -0.4 is 5.32 Å². The lowest BCUT2D eigenvalue weighted by atomic mass is 10.0. The Morgan fingerprint density at radius 2 is 1.94 bits per heavy atom. The zero-order valence-electron chi connectivity index (χ0n) is 8.84. The van der Waals surface area contributed by atoms with Gasteiger partial charge in [0.15, 0.2) is 0 Å². The SMILES string of the molecule is CCNC(CC(=O)O)c1cc(F)cc(F)c1. The van der Waals surface area contributed by atoms with Gasteiger partial charge in [-0.25, -0.2) is 8.78 Å². The number of hydrogen-bond donors (Lipinski definition) is 2. The first-order chi connectivity index (χ1) is 7.52. The van der Waals surface area contributed by atoms with Crippen LogP contribution in [-0.4, -0.2) is 17.6 Å². The van der Waals surface area contributed by atoms with Gasteiger partial charge in [-0.3, -0.25) is 4.79 Å². The molecule has 1 aromatic rings. The van der Waals surface area contributed by atoms with Gasteiger partial charge in [0.1, 0.15) is 11.6 Å². The van der Waals surface area contributed by atoms with Gasteiger partial charge in [0.05, 0.1) is 6.42 Å². The van der Waals surface area contributed by atoms with Crippen molar-refractivity contribution in [3.8, 4) is 0 Å². The van der Waals surface area contributed by atoms with Crippen LogP contribution in [0.3, 0.4) is 0 Å². The molecule has 0 amide bonds. The smallest absolute Gasteiger partial charge is 0.305 e. The third-order valence-electron chi connectivity index (χ3n) is 2.12. The molecule has 1 aromatic carbocycles. The van der Waals surface area contributed by atoms with Crippen molar-refractivity contribution in [2.75, 3.05) is 6.54 Å². The molecular formula is C11H13F2NO2. The molecule has 0 fully saturated rings. The van der Waals surface area contributed by atoms with Crippen LogP contribution >= 0.6 is 0 Å². The van der Waals surface area contributed by atoms with Gasteiger partial charge in [0.25, 0.3) is 0 Å². The second-order valence-corrected chi connectivity index (χ2v) is 3.41. The highest BCUT2D eigenvalue weighted by atomic mass is 19.1. The number of aliphatic carboxylic acids is 1. The third-order valence-corrected chi connectivity index (χ3v) is 2.12. The van der Waals surface area contributed by atoms with Gasteiger partial charge in [-0.2, -0.15) is 0 Å². The highest BCUT2D eigenvalue weighted by Gasteiger charge is 2.15. The first kappa shape index (κ1) is 12.6. The maximum Gasteiger partial charge on any atom is 0.305 e. The molecule has 0 heterocycles. The molecule has 1 rings (SSSR count). The maximum absolute atomic E-state index is 13.0. The number of benzene rings is 1. The maximum atomic E-state index is 13.0. The summed E-state index contributed by atoms with van der Waals surface area (Å²) in [6.45, 7) is 2.32. The number of nitrogens with one attached hydrogen (secondary N) is 1. The number of carboxylic acids is 1. The van der Waals surface area contributed by atoms with Crippen LogP contribution in [0.25, 0.3) is 0 Å². The number of carboxylic acid groups (broad SMARTS) is 1. The molecule has 0 saturated heterocycles. The zero-order valence-corrected chi connectivity index (χ0v) is 8.84. The Bertz CT molecular complexity index is 362. The molecule has 0 saturated carbocycles. The van der Waals surface area contributed by atoms with E-state index in [-0.39, 0.29) is 6.42 Å². The monoisotopic (exact) mass is 229 g/mol. The number of carbonyl (C=O) groups is 1. The molecular weight excluding hydrogens is 216 g/mol. The van der Waals surface area contributed by atoms with Crippen LogP contribution in [0, 0.1) is 11.6 Å². The fraction of sp³-hybridized carbons (Fsp3) is 0.364. The van der Waals surface area contributed by atoms with E-state index < -0.39 is 23.6 Å². The largest absolute Gasteiger partial charge is 0.481 e. The van der Waals surface area contributed by atoms with Gasteiger partial charge in [-0.15, -0.1) is 0 Å². The minimum Gasteiger partial charge on any atom is -0.481 e. The molecule has 1 unspecified atom stereocenters. The average Bonchev–Trinajstić information content (AvgIpc) is 2.14. The van der Waals surface area contributed by atoms with Crippen LogP contribution in [0.1, 0.15) is 24.9 Å². The standard InChI is InChI=1S/C11H13F2NO2/c1-2-14-10(6-11(15)16)7-3-8(12)5-9(13)4-7/h3-5,10,14H,2,6H2,1H3,(H,15,16). The lowest BCUT2D eigenvalue weighted by molar-refractivity contribution is -0.137. The summed E-state index contributed by atoms with van der Waals surface area (Å²) in [7, 11) is 0. The zero-order chi connectivity index (χ0) is 12.1. The lowest BCUT2D eigenvalue weighted by Crippen LogP contribution is -2.23. The summed E-state index contributed by atoms with van der Waals surface area (Å²) < 4.78 is 25.9. The Labute approximate surface area is 92.1 Å². The van der Waals surface area contributed by atoms with Gasteiger partial charge in [0.2, 0.25) is 0 Å². The van der Waals surface area contributed by atoms with Crippen molar-refractivity contribution in [1.82, 2.24) is 5.32 Å². The van der Waals surface area contributed by atoms with Crippen molar-refractivity contribution >= 4 is 5.97 Å². The molecule has 0 aliphatic heterocycles. The van der Waals surface area contributed by atoms with Gasteiger partial charge < -0.3 is 10.4 Å². The highest BCUT2D eigenvalue weighted by Crippen LogP contribution is 2.19. The minimum atomic E-state index is -1.02. The van der Waals surface area contributed by atoms with E-state index in [1.807, 2.05) is 0 Å². The summed E-state index contributed by atoms with van der Waals surface area (Å²) in [6.07, 6.45) is -0.212. The molecule has 3 nitrogen and oxygen atoms in total. The molecule has 0 aromatic heterocycles. The fourth-order valence-electron chi connectivity index (χ4n) is 1.51. The van der Waals surface area contributed by atoms with Gasteiger partial charge in [-0.05, 0) is 24.2 Å². The van der Waals surface area contributed by atoms with Crippen LogP contribution in [0.5, 0.6) is 0 Å². The van der Waals surface area contributed by atoms with Crippen molar-refractivity contribution in [2.24, 2.45) is 0 Å². The predicted molar refractivity (Wildman–Crippen MR) is 55.0 cm³/mol. The molecule has 16 heavy (non-hydrogen) atoms. The summed E-state index contributed by atoms with van der Waals surface area (Å²) in [5.74, 6) is -2.43. The van der Waals surface area contributed by atoms with E-state index in [1.54, 1.807) is 6.92 Å². The van der Waals surface area contributed by atoms with Crippen LogP contribution in [-0.2, 0) is 4.79 Å². The third kappa shape index (κ3) is 3.58. The van der Waals surface area contributed by atoms with Crippen LogP contribution in [0.15, 0.2) is 18.2 Å². The average molecular weight is 229 g/mol. The second kappa shape index (κ2) is 5.55. The van der Waals surface area contributed by atoms with Crippen molar-refractivity contribution < 1.29 is 18.7 Å². The van der Waals surface area contributed by atoms with Crippen LogP contribution in [0.2, 0.25) is 0 Å². The normalized spacial score (nSPS) is 12.4. The van der Waals surface area contributed by atoms with E-state index in [0.29, 0.717) is 12.1 Å². The molecule has 0 radical (unpaired) electrons. The van der Waals surface area contributed by atoms with Gasteiger partial charge in [-0.1, -0.05) is 6.92 Å². The topological polar surface area (TPSA) is 49.3 Å². The van der Waals surface area contributed by atoms with Crippen molar-refractivity contribution in [3.63, 3.8) is 0 Å². The molecule has 0 spiro atoms. The minimum absolute atomic E-state index is 0.212. The lowest BCUT2D eigenvalue weighted by Gasteiger charge is -2.16. The Morgan fingerprint density at radius 3 is 2.38 bits per heavy atom. The highest BCUT2D eigenvalue weighted by molar-refractivity contribution is 5.67. The fourth-order valence-corrected chi connectivity index (χ4v) is 1.51. The Hall–Kier alpha value is -1.49. The Kier molecular flexibility index (Phi) is 4.37. The van der Waals surface area contributed by atoms with Crippen molar-refractivity contribution in [1.29, 1.82) is 0 Å². The first-order valence-corrected chi connectivity index (χ1v) is 4.94. The Balaban J connectivity index is 2.95. The van der Waals surface area contributed by atoms with Gasteiger partial charge >= 0.3 is 5.97 Å². The molecule has 5 heteroatoms. The summed E-state index contributed by atoms with van der Waals surface area (Å²) in [5, 5.41) is 11.6. The van der Waals surface area contributed by atoms with E-state index in [0.717, 1.165) is 18.2 Å². The van der Waals surface area contributed by atoms with Crippen molar-refractivity contribution in [2.45, 2.75) is 19.4 Å². The number of halogens is 2.